The largest absolute Gasteiger partial charge is 0.483 e. The van der Waals surface area contributed by atoms with Gasteiger partial charge in [-0.15, -0.1) is 0 Å². The van der Waals surface area contributed by atoms with Crippen LogP contribution in [0.2, 0.25) is 5.02 Å². The Bertz CT molecular complexity index is 1980. The second-order valence-electron chi connectivity index (χ2n) is 9.83. The lowest BCUT2D eigenvalue weighted by molar-refractivity contribution is -0.122. The van der Waals surface area contributed by atoms with Gasteiger partial charge >= 0.3 is 4.87 Å². The highest BCUT2D eigenvalue weighted by Crippen LogP contribution is 2.54. The first kappa shape index (κ1) is 30.6. The Labute approximate surface area is 271 Å². The third-order valence-electron chi connectivity index (χ3n) is 7.04. The quantitative estimate of drug-likeness (QED) is 0.236. The van der Waals surface area contributed by atoms with Gasteiger partial charge < -0.3 is 15.0 Å². The molecule has 0 saturated carbocycles. The number of sulfonamides is 1. The second-order valence-corrected chi connectivity index (χ2v) is 14.9. The first-order chi connectivity index (χ1) is 20.9. The van der Waals surface area contributed by atoms with Crippen molar-refractivity contribution in [2.24, 2.45) is 11.1 Å². The maximum Gasteiger partial charge on any atom is 0.305 e. The van der Waals surface area contributed by atoms with Crippen LogP contribution in [0.3, 0.4) is 0 Å². The average molecular weight is 736 g/mol. The van der Waals surface area contributed by atoms with Gasteiger partial charge in [0.2, 0.25) is 21.8 Å². The summed E-state index contributed by atoms with van der Waals surface area (Å²) < 4.78 is 29.7. The number of carbonyl (C=O) groups excluding carboxylic acids is 3. The lowest BCUT2D eigenvalue weighted by atomic mass is 9.82. The second kappa shape index (κ2) is 11.8. The molecule has 2 aliphatic heterocycles. The number of amides is 3. The summed E-state index contributed by atoms with van der Waals surface area (Å²) in [5, 5.41) is 7.72. The summed E-state index contributed by atoms with van der Waals surface area (Å²) in [6.07, 6.45) is 0. The number of H-pyrrole nitrogens is 1. The number of fused-ring (bicyclic) bond motifs is 2. The molecule has 2 aliphatic rings. The first-order valence-electron chi connectivity index (χ1n) is 12.8. The number of rotatable bonds is 7. The number of primary sulfonamides is 1. The van der Waals surface area contributed by atoms with Crippen molar-refractivity contribution in [3.8, 4) is 5.75 Å². The fourth-order valence-corrected chi connectivity index (χ4v) is 8.63. The minimum atomic E-state index is -3.89. The Kier molecular flexibility index (Phi) is 8.19. The molecule has 226 valence electrons. The Morgan fingerprint density at radius 2 is 1.75 bits per heavy atom. The SMILES string of the molecule is NS(=O)(=O)c1ccc(NC(=O)COc2ccc(Cl)cc2C2c3sc(=O)[nH]c3SC3C(=O)N(c4ccc(Br)cc4)C(=O)C32)cc1. The zero-order chi connectivity index (χ0) is 31.3. The monoisotopic (exact) mass is 734 g/mol. The Morgan fingerprint density at radius 3 is 2.43 bits per heavy atom. The molecule has 1 aromatic heterocycles. The number of thiazole rings is 1. The fourth-order valence-electron chi connectivity index (χ4n) is 5.16. The number of aromatic amines is 1. The number of nitrogens with two attached hydrogens (primary N) is 1. The number of imide groups is 1. The van der Waals surface area contributed by atoms with E-state index in [9.17, 15) is 27.6 Å². The van der Waals surface area contributed by atoms with Crippen LogP contribution in [0.4, 0.5) is 11.4 Å². The summed E-state index contributed by atoms with van der Waals surface area (Å²) in [5.74, 6) is -2.82. The zero-order valence-corrected chi connectivity index (χ0v) is 26.9. The standard InChI is InChI=1S/C28H20BrClN4O7S3/c29-13-1-6-16(7-2-13)34-26(36)22-21(23-25(33-28(38)43-23)42-24(22)27(34)37)18-11-14(30)3-10-19(18)41-12-20(35)32-15-4-8-17(9-5-15)44(31,39)40/h1-11,21-22,24H,12H2,(H,32,35)(H,33,38)(H2,31,39,40). The number of aromatic nitrogens is 1. The van der Waals surface area contributed by atoms with Crippen molar-refractivity contribution in [2.75, 3.05) is 16.8 Å². The van der Waals surface area contributed by atoms with Crippen molar-refractivity contribution in [3.63, 3.8) is 0 Å². The van der Waals surface area contributed by atoms with Crippen LogP contribution in [-0.4, -0.2) is 43.0 Å². The lowest BCUT2D eigenvalue weighted by Gasteiger charge is -2.31. The van der Waals surface area contributed by atoms with E-state index in [-0.39, 0.29) is 15.5 Å². The number of hydrogen-bond donors (Lipinski definition) is 3. The van der Waals surface area contributed by atoms with E-state index >= 15 is 0 Å². The van der Waals surface area contributed by atoms with Gasteiger partial charge in [-0.1, -0.05) is 50.6 Å². The third kappa shape index (κ3) is 5.82. The van der Waals surface area contributed by atoms with E-state index in [1.165, 1.54) is 24.3 Å². The van der Waals surface area contributed by atoms with E-state index in [1.807, 2.05) is 0 Å². The molecule has 44 heavy (non-hydrogen) atoms. The molecule has 11 nitrogen and oxygen atoms in total. The minimum Gasteiger partial charge on any atom is -0.483 e. The van der Waals surface area contributed by atoms with E-state index in [0.717, 1.165) is 32.5 Å². The Morgan fingerprint density at radius 1 is 1.05 bits per heavy atom. The smallest absolute Gasteiger partial charge is 0.305 e. The summed E-state index contributed by atoms with van der Waals surface area (Å²) in [6, 6.07) is 16.8. The number of nitrogens with one attached hydrogen (secondary N) is 2. The van der Waals surface area contributed by atoms with E-state index < -0.39 is 51.4 Å². The Balaban J connectivity index is 1.32. The molecular weight excluding hydrogens is 716 g/mol. The van der Waals surface area contributed by atoms with Gasteiger partial charge in [-0.2, -0.15) is 0 Å². The van der Waals surface area contributed by atoms with Gasteiger partial charge in [0.1, 0.15) is 11.0 Å². The van der Waals surface area contributed by atoms with Gasteiger partial charge in [-0.25, -0.2) is 18.5 Å². The predicted octanol–water partition coefficient (Wildman–Crippen LogP) is 4.31. The highest BCUT2D eigenvalue weighted by atomic mass is 79.9. The van der Waals surface area contributed by atoms with Gasteiger partial charge in [0.05, 0.1) is 21.5 Å². The van der Waals surface area contributed by atoms with Crippen molar-refractivity contribution in [1.82, 2.24) is 4.98 Å². The summed E-state index contributed by atoms with van der Waals surface area (Å²) in [5.41, 5.74) is 1.18. The lowest BCUT2D eigenvalue weighted by Crippen LogP contribution is -2.32. The van der Waals surface area contributed by atoms with Gasteiger partial charge in [-0.3, -0.25) is 19.2 Å². The van der Waals surface area contributed by atoms with Gasteiger partial charge in [0.15, 0.2) is 6.61 Å². The van der Waals surface area contributed by atoms with Crippen LogP contribution >= 0.6 is 50.6 Å². The summed E-state index contributed by atoms with van der Waals surface area (Å²) in [4.78, 5) is 57.0. The molecule has 1 fully saturated rings. The molecule has 3 heterocycles. The van der Waals surface area contributed by atoms with Crippen molar-refractivity contribution in [2.45, 2.75) is 21.1 Å². The Hall–Kier alpha value is -3.47. The summed E-state index contributed by atoms with van der Waals surface area (Å²) in [6.45, 7) is -0.449. The molecule has 0 aliphatic carbocycles. The molecule has 0 radical (unpaired) electrons. The molecule has 4 aromatic rings. The minimum absolute atomic E-state index is 0.105. The third-order valence-corrected chi connectivity index (χ3v) is 11.1. The molecule has 4 N–H and O–H groups in total. The van der Waals surface area contributed by atoms with Gasteiger partial charge in [0, 0.05) is 31.5 Å². The molecule has 3 atom stereocenters. The zero-order valence-electron chi connectivity index (χ0n) is 22.2. The highest BCUT2D eigenvalue weighted by Gasteiger charge is 2.56. The molecular formula is C28H20BrClN4O7S3. The molecule has 0 spiro atoms. The number of ether oxygens (including phenoxy) is 1. The molecule has 1 saturated heterocycles. The predicted molar refractivity (Wildman–Crippen MR) is 170 cm³/mol. The van der Waals surface area contributed by atoms with Crippen LogP contribution in [0.25, 0.3) is 0 Å². The molecule has 3 amide bonds. The number of thioether (sulfide) groups is 1. The first-order valence-corrected chi connectivity index (χ1v) is 17.2. The van der Waals surface area contributed by atoms with Crippen molar-refractivity contribution in [1.29, 1.82) is 0 Å². The van der Waals surface area contributed by atoms with Crippen LogP contribution in [-0.2, 0) is 24.4 Å². The normalized spacial score (nSPS) is 19.4. The number of halogens is 2. The van der Waals surface area contributed by atoms with Gasteiger partial charge in [0.25, 0.3) is 5.91 Å². The maximum absolute atomic E-state index is 14.0. The number of hydrogen-bond acceptors (Lipinski definition) is 9. The summed E-state index contributed by atoms with van der Waals surface area (Å²) >= 11 is 11.9. The average Bonchev–Trinajstić information content (AvgIpc) is 3.46. The van der Waals surface area contributed by atoms with Crippen LogP contribution in [0.15, 0.2) is 85.9 Å². The van der Waals surface area contributed by atoms with E-state index in [0.29, 0.717) is 31.9 Å². The molecule has 3 unspecified atom stereocenters. The van der Waals surface area contributed by atoms with Crippen molar-refractivity contribution >= 4 is 89.7 Å². The highest BCUT2D eigenvalue weighted by molar-refractivity contribution is 9.10. The molecule has 3 aromatic carbocycles. The van der Waals surface area contributed by atoms with E-state index in [4.69, 9.17) is 21.5 Å². The topological polar surface area (TPSA) is 169 Å². The fraction of sp³-hybridized carbons (Fsp3) is 0.143. The summed E-state index contributed by atoms with van der Waals surface area (Å²) in [7, 11) is -3.89. The number of carbonyl (C=O) groups is 3. The molecule has 6 rings (SSSR count). The van der Waals surface area contributed by atoms with Crippen molar-refractivity contribution < 1.29 is 27.5 Å². The van der Waals surface area contributed by atoms with Crippen LogP contribution < -0.4 is 25.0 Å². The number of benzene rings is 3. The number of anilines is 2. The van der Waals surface area contributed by atoms with Crippen LogP contribution in [0.1, 0.15) is 16.4 Å². The van der Waals surface area contributed by atoms with Crippen LogP contribution in [0.5, 0.6) is 5.75 Å². The maximum atomic E-state index is 14.0. The molecule has 16 heteroatoms. The molecule has 0 bridgehead atoms. The van der Waals surface area contributed by atoms with Gasteiger partial charge in [-0.05, 0) is 66.7 Å². The van der Waals surface area contributed by atoms with Crippen molar-refractivity contribution in [3.05, 3.63) is 96.3 Å². The van der Waals surface area contributed by atoms with Crippen LogP contribution in [0, 0.1) is 5.92 Å². The number of nitrogens with zero attached hydrogens (tertiary/aromatic N) is 1. The van der Waals surface area contributed by atoms with E-state index in [1.54, 1.807) is 42.5 Å². The van der Waals surface area contributed by atoms with E-state index in [2.05, 4.69) is 26.2 Å².